The second-order valence-corrected chi connectivity index (χ2v) is 3.55. The molecule has 0 radical (unpaired) electrons. The van der Waals surface area contributed by atoms with Crippen molar-refractivity contribution < 1.29 is 14.3 Å². The van der Waals surface area contributed by atoms with E-state index in [4.69, 9.17) is 0 Å². The Labute approximate surface area is 101 Å². The summed E-state index contributed by atoms with van der Waals surface area (Å²) in [5.74, 6) is -0.500. The highest BCUT2D eigenvalue weighted by atomic mass is 16.5. The highest BCUT2D eigenvalue weighted by Gasteiger charge is 2.14. The molecule has 0 bridgehead atoms. The highest BCUT2D eigenvalue weighted by Crippen LogP contribution is 2.09. The molecule has 0 atom stereocenters. The summed E-state index contributed by atoms with van der Waals surface area (Å²) in [7, 11) is 1.32. The third-order valence-corrected chi connectivity index (χ3v) is 2.58. The van der Waals surface area contributed by atoms with E-state index < -0.39 is 5.97 Å². The maximum atomic E-state index is 12.0. The number of carbonyl (C=O) groups is 2. The van der Waals surface area contributed by atoms with Crippen LogP contribution in [0.4, 0.5) is 0 Å². The van der Waals surface area contributed by atoms with E-state index in [1.54, 1.807) is 29.2 Å². The van der Waals surface area contributed by atoms with Crippen LogP contribution in [0, 0.1) is 0 Å². The van der Waals surface area contributed by atoms with Gasteiger partial charge in [-0.3, -0.25) is 4.79 Å². The van der Waals surface area contributed by atoms with Gasteiger partial charge in [-0.05, 0) is 32.0 Å². The normalized spacial score (nSPS) is 9.82. The van der Waals surface area contributed by atoms with Crippen molar-refractivity contribution in [3.8, 4) is 0 Å². The van der Waals surface area contributed by atoms with E-state index in [1.165, 1.54) is 7.11 Å². The molecule has 0 aromatic heterocycles. The SMILES string of the molecule is CCN(CC)C(=O)c1cccc(C(=O)OC)c1. The zero-order chi connectivity index (χ0) is 12.8. The van der Waals surface area contributed by atoms with E-state index in [0.29, 0.717) is 24.2 Å². The minimum Gasteiger partial charge on any atom is -0.465 e. The lowest BCUT2D eigenvalue weighted by Crippen LogP contribution is -2.30. The predicted molar refractivity (Wildman–Crippen MR) is 65.0 cm³/mol. The van der Waals surface area contributed by atoms with Crippen molar-refractivity contribution in [1.82, 2.24) is 4.90 Å². The average molecular weight is 235 g/mol. The standard InChI is InChI=1S/C13H17NO3/c1-4-14(5-2)12(15)10-7-6-8-11(9-10)13(16)17-3/h6-9H,4-5H2,1-3H3. The van der Waals surface area contributed by atoms with Gasteiger partial charge in [-0.25, -0.2) is 4.79 Å². The van der Waals surface area contributed by atoms with Crippen LogP contribution in [0.3, 0.4) is 0 Å². The van der Waals surface area contributed by atoms with E-state index >= 15 is 0 Å². The fourth-order valence-corrected chi connectivity index (χ4v) is 1.59. The van der Waals surface area contributed by atoms with Gasteiger partial charge in [0.2, 0.25) is 0 Å². The van der Waals surface area contributed by atoms with Crippen molar-refractivity contribution in [1.29, 1.82) is 0 Å². The van der Waals surface area contributed by atoms with Gasteiger partial charge in [-0.15, -0.1) is 0 Å². The zero-order valence-electron chi connectivity index (χ0n) is 10.4. The molecule has 0 heterocycles. The van der Waals surface area contributed by atoms with E-state index in [0.717, 1.165) is 0 Å². The lowest BCUT2D eigenvalue weighted by molar-refractivity contribution is 0.0600. The number of esters is 1. The predicted octanol–water partition coefficient (Wildman–Crippen LogP) is 1.96. The molecule has 1 aromatic carbocycles. The van der Waals surface area contributed by atoms with Crippen LogP contribution in [0.1, 0.15) is 34.6 Å². The lowest BCUT2D eigenvalue weighted by atomic mass is 10.1. The molecule has 0 unspecified atom stereocenters. The Hall–Kier alpha value is -1.84. The Morgan fingerprint density at radius 3 is 2.29 bits per heavy atom. The van der Waals surface area contributed by atoms with Crippen molar-refractivity contribution in [3.05, 3.63) is 35.4 Å². The monoisotopic (exact) mass is 235 g/mol. The van der Waals surface area contributed by atoms with Gasteiger partial charge in [0.15, 0.2) is 0 Å². The molecule has 0 spiro atoms. The van der Waals surface area contributed by atoms with E-state index in [9.17, 15) is 9.59 Å². The number of carbonyl (C=O) groups excluding carboxylic acids is 2. The van der Waals surface area contributed by atoms with Crippen LogP contribution in [0.2, 0.25) is 0 Å². The Balaban J connectivity index is 2.99. The van der Waals surface area contributed by atoms with Gasteiger partial charge < -0.3 is 9.64 Å². The van der Waals surface area contributed by atoms with Crippen molar-refractivity contribution in [2.75, 3.05) is 20.2 Å². The van der Waals surface area contributed by atoms with Gasteiger partial charge in [-0.1, -0.05) is 6.07 Å². The molecule has 0 saturated carbocycles. The Bertz CT molecular complexity index is 411. The first-order valence-corrected chi connectivity index (χ1v) is 5.61. The number of rotatable bonds is 4. The van der Waals surface area contributed by atoms with Gasteiger partial charge >= 0.3 is 5.97 Å². The molecule has 4 heteroatoms. The topological polar surface area (TPSA) is 46.6 Å². The minimum atomic E-state index is -0.431. The van der Waals surface area contributed by atoms with Crippen molar-refractivity contribution in [2.24, 2.45) is 0 Å². The highest BCUT2D eigenvalue weighted by molar-refractivity contribution is 5.97. The molecule has 4 nitrogen and oxygen atoms in total. The fourth-order valence-electron chi connectivity index (χ4n) is 1.59. The van der Waals surface area contributed by atoms with E-state index in [2.05, 4.69) is 4.74 Å². The fraction of sp³-hybridized carbons (Fsp3) is 0.385. The van der Waals surface area contributed by atoms with Crippen LogP contribution in [0.5, 0.6) is 0 Å². The maximum Gasteiger partial charge on any atom is 0.337 e. The third kappa shape index (κ3) is 3.06. The first kappa shape index (κ1) is 13.2. The number of amides is 1. The molecule has 0 aliphatic rings. The number of ether oxygens (including phenoxy) is 1. The minimum absolute atomic E-state index is 0.0687. The maximum absolute atomic E-state index is 12.0. The summed E-state index contributed by atoms with van der Waals surface area (Å²) in [6, 6.07) is 6.58. The molecule has 0 N–H and O–H groups in total. The molecule has 0 aliphatic heterocycles. The first-order chi connectivity index (χ1) is 8.13. The lowest BCUT2D eigenvalue weighted by Gasteiger charge is -2.18. The molecule has 1 rings (SSSR count). The third-order valence-electron chi connectivity index (χ3n) is 2.58. The summed E-state index contributed by atoms with van der Waals surface area (Å²) in [6.45, 7) is 5.15. The van der Waals surface area contributed by atoms with Crippen LogP contribution in [-0.2, 0) is 4.74 Å². The summed E-state index contributed by atoms with van der Waals surface area (Å²) >= 11 is 0. The smallest absolute Gasteiger partial charge is 0.337 e. The Morgan fingerprint density at radius 1 is 1.18 bits per heavy atom. The van der Waals surface area contributed by atoms with Gasteiger partial charge in [0, 0.05) is 18.7 Å². The second-order valence-electron chi connectivity index (χ2n) is 3.55. The van der Waals surface area contributed by atoms with Gasteiger partial charge in [-0.2, -0.15) is 0 Å². The van der Waals surface area contributed by atoms with Crippen molar-refractivity contribution in [2.45, 2.75) is 13.8 Å². The molecule has 92 valence electrons. The number of nitrogens with zero attached hydrogens (tertiary/aromatic N) is 1. The zero-order valence-corrected chi connectivity index (χ0v) is 10.4. The summed E-state index contributed by atoms with van der Waals surface area (Å²) in [5.41, 5.74) is 0.905. The van der Waals surface area contributed by atoms with Gasteiger partial charge in [0.25, 0.3) is 5.91 Å². The van der Waals surface area contributed by atoms with Crippen LogP contribution in [-0.4, -0.2) is 37.0 Å². The van der Waals surface area contributed by atoms with Crippen molar-refractivity contribution >= 4 is 11.9 Å². The second kappa shape index (κ2) is 6.03. The number of methoxy groups -OCH3 is 1. The van der Waals surface area contributed by atoms with Gasteiger partial charge in [0.05, 0.1) is 12.7 Å². The van der Waals surface area contributed by atoms with E-state index in [-0.39, 0.29) is 5.91 Å². The first-order valence-electron chi connectivity index (χ1n) is 5.61. The molecule has 0 fully saturated rings. The molecular weight excluding hydrogens is 218 g/mol. The average Bonchev–Trinajstić information content (AvgIpc) is 2.39. The van der Waals surface area contributed by atoms with Gasteiger partial charge in [0.1, 0.15) is 0 Å². The van der Waals surface area contributed by atoms with Crippen LogP contribution >= 0.6 is 0 Å². The van der Waals surface area contributed by atoms with Crippen molar-refractivity contribution in [3.63, 3.8) is 0 Å². The van der Waals surface area contributed by atoms with Crippen LogP contribution in [0.25, 0.3) is 0 Å². The molecule has 1 aromatic rings. The summed E-state index contributed by atoms with van der Waals surface area (Å²) < 4.78 is 4.62. The molecule has 17 heavy (non-hydrogen) atoms. The summed E-state index contributed by atoms with van der Waals surface area (Å²) in [6.07, 6.45) is 0. The summed E-state index contributed by atoms with van der Waals surface area (Å²) in [4.78, 5) is 25.1. The Morgan fingerprint density at radius 2 is 1.76 bits per heavy atom. The quantitative estimate of drug-likeness (QED) is 0.749. The van der Waals surface area contributed by atoms with E-state index in [1.807, 2.05) is 13.8 Å². The number of hydrogen-bond donors (Lipinski definition) is 0. The largest absolute Gasteiger partial charge is 0.465 e. The number of hydrogen-bond acceptors (Lipinski definition) is 3. The molecule has 0 aliphatic carbocycles. The van der Waals surface area contributed by atoms with Crippen LogP contribution < -0.4 is 0 Å². The number of benzene rings is 1. The molecule has 0 saturated heterocycles. The summed E-state index contributed by atoms with van der Waals surface area (Å²) in [5, 5.41) is 0. The molecule has 1 amide bonds. The van der Waals surface area contributed by atoms with Crippen LogP contribution in [0.15, 0.2) is 24.3 Å². The molecular formula is C13H17NO3. The Kier molecular flexibility index (Phi) is 4.69.